The van der Waals surface area contributed by atoms with Crippen LogP contribution in [0.2, 0.25) is 0 Å². The molecular weight excluding hydrogens is 312 g/mol. The average Bonchev–Trinajstić information content (AvgIpc) is 3.38. The highest BCUT2D eigenvalue weighted by Crippen LogP contribution is 2.41. The fourth-order valence-corrected chi connectivity index (χ4v) is 5.01. The molecule has 2 aliphatic rings. The zero-order valence-corrected chi connectivity index (χ0v) is 14.3. The number of hydrogen-bond donors (Lipinski definition) is 1. The Bertz CT molecular complexity index is 656. The van der Waals surface area contributed by atoms with E-state index in [4.69, 9.17) is 0 Å². The quantitative estimate of drug-likeness (QED) is 0.895. The fourth-order valence-electron chi connectivity index (χ4n) is 3.28. The maximum atomic E-state index is 12.8. The van der Waals surface area contributed by atoms with Crippen molar-refractivity contribution in [2.75, 3.05) is 13.1 Å². The third kappa shape index (κ3) is 3.93. The van der Waals surface area contributed by atoms with E-state index >= 15 is 0 Å². The van der Waals surface area contributed by atoms with Crippen LogP contribution in [0.25, 0.3) is 0 Å². The van der Waals surface area contributed by atoms with Crippen LogP contribution in [0.1, 0.15) is 44.2 Å². The number of amides is 1. The number of benzene rings is 1. The van der Waals surface area contributed by atoms with Crippen molar-refractivity contribution < 1.29 is 13.2 Å². The lowest BCUT2D eigenvalue weighted by atomic mass is 10.0. The first-order chi connectivity index (χ1) is 11.0. The lowest BCUT2D eigenvalue weighted by Gasteiger charge is -2.33. The van der Waals surface area contributed by atoms with E-state index in [1.165, 1.54) is 6.92 Å². The molecule has 5 nitrogen and oxygen atoms in total. The summed E-state index contributed by atoms with van der Waals surface area (Å²) >= 11 is 0. The SMILES string of the molecule is CC(=O)N1CCCC(S(=O)(=O)NC(c2ccccc2)C2CC2)C1. The Balaban J connectivity index is 1.75. The standard InChI is InChI=1S/C17H24N2O3S/c1-13(20)19-11-5-8-16(12-19)23(21,22)18-17(15-9-10-15)14-6-3-2-4-7-14/h2-4,6-7,15-18H,5,8-12H2,1H3. The number of piperidine rings is 1. The van der Waals surface area contributed by atoms with Gasteiger partial charge in [-0.1, -0.05) is 30.3 Å². The van der Waals surface area contributed by atoms with E-state index in [-0.39, 0.29) is 11.9 Å². The largest absolute Gasteiger partial charge is 0.342 e. The van der Waals surface area contributed by atoms with Crippen molar-refractivity contribution in [3.8, 4) is 0 Å². The van der Waals surface area contributed by atoms with Gasteiger partial charge in [-0.25, -0.2) is 13.1 Å². The second-order valence-electron chi connectivity index (χ2n) is 6.62. The average molecular weight is 336 g/mol. The Labute approximate surface area is 138 Å². The number of nitrogens with one attached hydrogen (secondary N) is 1. The molecule has 23 heavy (non-hydrogen) atoms. The Kier molecular flexibility index (Phi) is 4.73. The predicted molar refractivity (Wildman–Crippen MR) is 89.2 cm³/mol. The summed E-state index contributed by atoms with van der Waals surface area (Å²) in [5.74, 6) is 0.339. The number of likely N-dealkylation sites (tertiary alicyclic amines) is 1. The Morgan fingerprint density at radius 3 is 2.52 bits per heavy atom. The first-order valence-electron chi connectivity index (χ1n) is 8.29. The molecule has 1 N–H and O–H groups in total. The number of nitrogens with zero attached hydrogens (tertiary/aromatic N) is 1. The van der Waals surface area contributed by atoms with Gasteiger partial charge in [-0.2, -0.15) is 0 Å². The first-order valence-corrected chi connectivity index (χ1v) is 9.83. The van der Waals surface area contributed by atoms with Crippen molar-refractivity contribution in [1.82, 2.24) is 9.62 Å². The lowest BCUT2D eigenvalue weighted by molar-refractivity contribution is -0.129. The van der Waals surface area contributed by atoms with Gasteiger partial charge in [0.15, 0.2) is 0 Å². The van der Waals surface area contributed by atoms with E-state index in [2.05, 4.69) is 4.72 Å². The van der Waals surface area contributed by atoms with Crippen LogP contribution < -0.4 is 4.72 Å². The smallest absolute Gasteiger partial charge is 0.219 e. The van der Waals surface area contributed by atoms with Crippen molar-refractivity contribution in [2.45, 2.75) is 43.9 Å². The highest BCUT2D eigenvalue weighted by Gasteiger charge is 2.38. The molecule has 6 heteroatoms. The molecule has 1 aromatic carbocycles. The summed E-state index contributed by atoms with van der Waals surface area (Å²) in [5, 5.41) is -0.509. The van der Waals surface area contributed by atoms with Crippen LogP contribution in [-0.2, 0) is 14.8 Å². The Morgan fingerprint density at radius 1 is 1.22 bits per heavy atom. The summed E-state index contributed by atoms with van der Waals surface area (Å²) < 4.78 is 28.6. The highest BCUT2D eigenvalue weighted by atomic mass is 32.2. The van der Waals surface area contributed by atoms with Gasteiger partial charge in [-0.15, -0.1) is 0 Å². The summed E-state index contributed by atoms with van der Waals surface area (Å²) in [6.45, 7) is 2.46. The van der Waals surface area contributed by atoms with Gasteiger partial charge < -0.3 is 4.90 Å². The minimum atomic E-state index is -3.45. The molecule has 126 valence electrons. The van der Waals surface area contributed by atoms with E-state index < -0.39 is 15.3 Å². The van der Waals surface area contributed by atoms with Gasteiger partial charge >= 0.3 is 0 Å². The van der Waals surface area contributed by atoms with Gasteiger partial charge in [0.1, 0.15) is 0 Å². The molecule has 1 aromatic rings. The predicted octanol–water partition coefficient (Wildman–Crippen LogP) is 2.07. The molecule has 0 radical (unpaired) electrons. The number of rotatable bonds is 5. The van der Waals surface area contributed by atoms with E-state index in [1.54, 1.807) is 4.90 Å². The molecule has 2 fully saturated rings. The van der Waals surface area contributed by atoms with Crippen LogP contribution in [0.15, 0.2) is 30.3 Å². The third-order valence-corrected chi connectivity index (χ3v) is 6.65. The fraction of sp³-hybridized carbons (Fsp3) is 0.588. The van der Waals surface area contributed by atoms with Gasteiger partial charge in [0.25, 0.3) is 0 Å². The van der Waals surface area contributed by atoms with Crippen LogP contribution in [0.5, 0.6) is 0 Å². The molecule has 2 unspecified atom stereocenters. The molecule has 2 atom stereocenters. The summed E-state index contributed by atoms with van der Waals surface area (Å²) in [6, 6.07) is 9.64. The number of carbonyl (C=O) groups excluding carboxylic acids is 1. The maximum absolute atomic E-state index is 12.8. The van der Waals surface area contributed by atoms with Crippen molar-refractivity contribution in [3.05, 3.63) is 35.9 Å². The van der Waals surface area contributed by atoms with E-state index in [0.29, 0.717) is 25.4 Å². The Hall–Kier alpha value is -1.40. The number of sulfonamides is 1. The molecule has 0 aromatic heterocycles. The van der Waals surface area contributed by atoms with Gasteiger partial charge in [0.05, 0.1) is 5.25 Å². The van der Waals surface area contributed by atoms with Crippen LogP contribution in [0, 0.1) is 5.92 Å². The van der Waals surface area contributed by atoms with Crippen molar-refractivity contribution in [3.63, 3.8) is 0 Å². The van der Waals surface area contributed by atoms with Crippen LogP contribution in [0.3, 0.4) is 0 Å². The summed E-state index contributed by atoms with van der Waals surface area (Å²) in [7, 11) is -3.45. The minimum absolute atomic E-state index is 0.0493. The van der Waals surface area contributed by atoms with Crippen LogP contribution in [0.4, 0.5) is 0 Å². The van der Waals surface area contributed by atoms with Crippen molar-refractivity contribution >= 4 is 15.9 Å². The van der Waals surface area contributed by atoms with Crippen LogP contribution >= 0.6 is 0 Å². The minimum Gasteiger partial charge on any atom is -0.342 e. The lowest BCUT2D eigenvalue weighted by Crippen LogP contribution is -2.48. The van der Waals surface area contributed by atoms with E-state index in [1.807, 2.05) is 30.3 Å². The van der Waals surface area contributed by atoms with Gasteiger partial charge in [0.2, 0.25) is 15.9 Å². The number of hydrogen-bond acceptors (Lipinski definition) is 3. The van der Waals surface area contributed by atoms with E-state index in [0.717, 1.165) is 24.8 Å². The van der Waals surface area contributed by atoms with Gasteiger partial charge in [-0.05, 0) is 37.2 Å². The Morgan fingerprint density at radius 2 is 1.91 bits per heavy atom. The zero-order chi connectivity index (χ0) is 16.4. The molecule has 1 amide bonds. The monoisotopic (exact) mass is 336 g/mol. The third-order valence-electron chi connectivity index (χ3n) is 4.81. The molecule has 1 aliphatic carbocycles. The zero-order valence-electron chi connectivity index (χ0n) is 13.4. The summed E-state index contributed by atoms with van der Waals surface area (Å²) in [6.07, 6.45) is 3.48. The normalized spacial score (nSPS) is 23.5. The van der Waals surface area contributed by atoms with Gasteiger partial charge in [-0.3, -0.25) is 4.79 Å². The molecule has 0 spiro atoms. The molecular formula is C17H24N2O3S. The molecule has 0 bridgehead atoms. The van der Waals surface area contributed by atoms with Crippen molar-refractivity contribution in [1.29, 1.82) is 0 Å². The molecule has 3 rings (SSSR count). The summed E-state index contributed by atoms with van der Waals surface area (Å²) in [4.78, 5) is 13.2. The van der Waals surface area contributed by atoms with Gasteiger partial charge in [0, 0.05) is 26.1 Å². The number of carbonyl (C=O) groups is 1. The topological polar surface area (TPSA) is 66.5 Å². The summed E-state index contributed by atoms with van der Waals surface area (Å²) in [5.41, 5.74) is 1.03. The second kappa shape index (κ2) is 6.61. The maximum Gasteiger partial charge on any atom is 0.219 e. The second-order valence-corrected chi connectivity index (χ2v) is 8.61. The molecule has 1 heterocycles. The molecule has 1 saturated carbocycles. The molecule has 1 aliphatic heterocycles. The van der Waals surface area contributed by atoms with Crippen molar-refractivity contribution in [2.24, 2.45) is 5.92 Å². The van der Waals surface area contributed by atoms with Crippen LogP contribution in [-0.4, -0.2) is 37.6 Å². The highest BCUT2D eigenvalue weighted by molar-refractivity contribution is 7.90. The van der Waals surface area contributed by atoms with E-state index in [9.17, 15) is 13.2 Å². The first kappa shape index (κ1) is 16.5. The molecule has 1 saturated heterocycles.